The molecule has 3 rings (SSSR count). The van der Waals surface area contributed by atoms with Gasteiger partial charge in [-0.2, -0.15) is 0 Å². The van der Waals surface area contributed by atoms with Crippen molar-refractivity contribution in [2.75, 3.05) is 32.2 Å². The number of piperidine rings is 1. The van der Waals surface area contributed by atoms with Crippen molar-refractivity contribution in [2.24, 2.45) is 0 Å². The average Bonchev–Trinajstić information content (AvgIpc) is 3.14. The molecular weight excluding hydrogens is 396 g/mol. The number of nitrogens with zero attached hydrogens (tertiary/aromatic N) is 2. The van der Waals surface area contributed by atoms with Gasteiger partial charge >= 0.3 is 5.97 Å². The number of amides is 1. The lowest BCUT2D eigenvalue weighted by Crippen LogP contribution is -2.55. The highest BCUT2D eigenvalue weighted by atomic mass is 35.5. The quantitative estimate of drug-likeness (QED) is 0.697. The molecule has 0 aliphatic carbocycles. The summed E-state index contributed by atoms with van der Waals surface area (Å²) in [4.78, 5) is 33.6. The first-order valence-corrected chi connectivity index (χ1v) is 9.86. The molecule has 0 bridgehead atoms. The maximum absolute atomic E-state index is 12.6. The predicted molar refractivity (Wildman–Crippen MR) is 110 cm³/mol. The van der Waals surface area contributed by atoms with Crippen molar-refractivity contribution in [1.29, 1.82) is 0 Å². The van der Waals surface area contributed by atoms with Crippen LogP contribution in [-0.2, 0) is 15.9 Å². The molecule has 0 saturated carbocycles. The zero-order valence-electron chi connectivity index (χ0n) is 16.7. The summed E-state index contributed by atoms with van der Waals surface area (Å²) < 4.78 is 10.4. The number of anilines is 1. The Hall–Kier alpha value is -2.58. The molecule has 1 aliphatic heterocycles. The molecule has 1 saturated heterocycles. The Morgan fingerprint density at radius 2 is 2.17 bits per heavy atom. The molecular formula is C20H25ClN4O4. The van der Waals surface area contributed by atoms with Crippen molar-refractivity contribution in [3.63, 3.8) is 0 Å². The number of carbonyl (C=O) groups excluding carboxylic acids is 2. The van der Waals surface area contributed by atoms with Crippen LogP contribution in [0.1, 0.15) is 40.0 Å². The normalized spacial score (nSPS) is 19.1. The molecule has 2 heterocycles. The number of aromatic amines is 1. The number of H-pyrrole nitrogens is 1. The summed E-state index contributed by atoms with van der Waals surface area (Å²) in [5.41, 5.74) is 2.14. The summed E-state index contributed by atoms with van der Waals surface area (Å²) in [5.74, 6) is -0.476. The van der Waals surface area contributed by atoms with E-state index in [9.17, 15) is 9.59 Å². The number of halogens is 1. The van der Waals surface area contributed by atoms with Crippen LogP contribution in [0.3, 0.4) is 0 Å². The summed E-state index contributed by atoms with van der Waals surface area (Å²) in [6.07, 6.45) is 1.13. The van der Waals surface area contributed by atoms with Crippen LogP contribution in [0.15, 0.2) is 24.3 Å². The van der Waals surface area contributed by atoms with Gasteiger partial charge in [-0.1, -0.05) is 24.6 Å². The smallest absolute Gasteiger partial charge is 0.337 e. The molecule has 29 heavy (non-hydrogen) atoms. The number of ether oxygens (including phenoxy) is 2. The number of hydrogen-bond acceptors (Lipinski definition) is 6. The number of methoxy groups -OCH3 is 2. The second-order valence-electron chi connectivity index (χ2n) is 6.84. The van der Waals surface area contributed by atoms with E-state index in [0.29, 0.717) is 36.6 Å². The van der Waals surface area contributed by atoms with Gasteiger partial charge in [0, 0.05) is 25.9 Å². The van der Waals surface area contributed by atoms with Crippen LogP contribution in [0, 0.1) is 0 Å². The molecule has 0 radical (unpaired) electrons. The molecule has 156 valence electrons. The minimum Gasteiger partial charge on any atom is -0.465 e. The van der Waals surface area contributed by atoms with Gasteiger partial charge in [-0.05, 0) is 31.0 Å². The molecule has 9 heteroatoms. The topological polar surface area (TPSA) is 96.6 Å². The monoisotopic (exact) mass is 420 g/mol. The first-order chi connectivity index (χ1) is 14.0. The third kappa shape index (κ3) is 4.71. The second kappa shape index (κ2) is 9.28. The number of esters is 1. The SMILES string of the molecule is CCc1[nH]c(C(=O)N[C@@H]2CCN(c3cccc(C(=O)OC)c3)C[C@@H]2OC)nc1Cl. The van der Waals surface area contributed by atoms with Crippen molar-refractivity contribution < 1.29 is 19.1 Å². The minimum atomic E-state index is -0.374. The third-order valence-corrected chi connectivity index (χ3v) is 5.42. The number of hydrogen-bond donors (Lipinski definition) is 2. The highest BCUT2D eigenvalue weighted by Crippen LogP contribution is 2.23. The van der Waals surface area contributed by atoms with E-state index in [1.165, 1.54) is 7.11 Å². The lowest BCUT2D eigenvalue weighted by molar-refractivity contribution is 0.0537. The Balaban J connectivity index is 1.68. The number of aromatic nitrogens is 2. The van der Waals surface area contributed by atoms with Gasteiger partial charge in [-0.15, -0.1) is 0 Å². The van der Waals surface area contributed by atoms with Gasteiger partial charge in [-0.25, -0.2) is 9.78 Å². The summed E-state index contributed by atoms with van der Waals surface area (Å²) in [5, 5.41) is 3.32. The van der Waals surface area contributed by atoms with Crippen molar-refractivity contribution in [1.82, 2.24) is 15.3 Å². The molecule has 0 spiro atoms. The van der Waals surface area contributed by atoms with Gasteiger partial charge in [0.05, 0.1) is 30.5 Å². The van der Waals surface area contributed by atoms with Gasteiger partial charge < -0.3 is 24.7 Å². The number of imidazole rings is 1. The van der Waals surface area contributed by atoms with E-state index < -0.39 is 0 Å². The van der Waals surface area contributed by atoms with E-state index in [0.717, 1.165) is 11.4 Å². The lowest BCUT2D eigenvalue weighted by Gasteiger charge is -2.39. The Morgan fingerprint density at radius 3 is 2.83 bits per heavy atom. The van der Waals surface area contributed by atoms with Crippen molar-refractivity contribution in [3.05, 3.63) is 46.5 Å². The van der Waals surface area contributed by atoms with E-state index in [1.54, 1.807) is 19.2 Å². The minimum absolute atomic E-state index is 0.165. The van der Waals surface area contributed by atoms with Crippen LogP contribution in [0.2, 0.25) is 5.15 Å². The van der Waals surface area contributed by atoms with Crippen LogP contribution in [-0.4, -0.2) is 61.3 Å². The number of aryl methyl sites for hydroxylation is 1. The maximum atomic E-state index is 12.6. The van der Waals surface area contributed by atoms with Crippen LogP contribution < -0.4 is 10.2 Å². The fourth-order valence-electron chi connectivity index (χ4n) is 3.47. The van der Waals surface area contributed by atoms with E-state index in [4.69, 9.17) is 21.1 Å². The molecule has 8 nitrogen and oxygen atoms in total. The zero-order chi connectivity index (χ0) is 21.0. The fourth-order valence-corrected chi connectivity index (χ4v) is 3.73. The highest BCUT2D eigenvalue weighted by molar-refractivity contribution is 6.30. The van der Waals surface area contributed by atoms with Gasteiger partial charge in [-0.3, -0.25) is 4.79 Å². The standard InChI is InChI=1S/C20H25ClN4O4/c1-4-14-17(21)24-18(22-14)19(26)23-15-8-9-25(11-16(15)28-2)13-7-5-6-12(10-13)20(27)29-3/h5-7,10,15-16H,4,8-9,11H2,1-3H3,(H,22,24)(H,23,26)/t15-,16+/m1/s1. The first kappa shape index (κ1) is 21.1. The number of rotatable bonds is 6. The molecule has 0 unspecified atom stereocenters. The Kier molecular flexibility index (Phi) is 6.76. The molecule has 2 atom stereocenters. The first-order valence-electron chi connectivity index (χ1n) is 9.48. The van der Waals surface area contributed by atoms with E-state index >= 15 is 0 Å². The predicted octanol–water partition coefficient (Wildman–Crippen LogP) is 2.44. The van der Waals surface area contributed by atoms with Gasteiger partial charge in [0.2, 0.25) is 0 Å². The molecule has 1 fully saturated rings. The third-order valence-electron chi connectivity index (χ3n) is 5.11. The molecule has 2 aromatic rings. The maximum Gasteiger partial charge on any atom is 0.337 e. The zero-order valence-corrected chi connectivity index (χ0v) is 17.5. The van der Waals surface area contributed by atoms with E-state index in [-0.39, 0.29) is 29.8 Å². The number of carbonyl (C=O) groups is 2. The Bertz CT molecular complexity index is 885. The van der Waals surface area contributed by atoms with Crippen LogP contribution in [0.4, 0.5) is 5.69 Å². The summed E-state index contributed by atoms with van der Waals surface area (Å²) in [6, 6.07) is 7.11. The molecule has 1 aromatic heterocycles. The van der Waals surface area contributed by atoms with E-state index in [1.807, 2.05) is 19.1 Å². The van der Waals surface area contributed by atoms with Gasteiger partial charge in [0.25, 0.3) is 5.91 Å². The average molecular weight is 421 g/mol. The Morgan fingerprint density at radius 1 is 1.38 bits per heavy atom. The summed E-state index contributed by atoms with van der Waals surface area (Å²) >= 11 is 6.03. The van der Waals surface area contributed by atoms with Gasteiger partial charge in [0.1, 0.15) is 0 Å². The van der Waals surface area contributed by atoms with Crippen molar-refractivity contribution in [2.45, 2.75) is 31.9 Å². The van der Waals surface area contributed by atoms with Crippen LogP contribution in [0.25, 0.3) is 0 Å². The van der Waals surface area contributed by atoms with Crippen LogP contribution >= 0.6 is 11.6 Å². The summed E-state index contributed by atoms with van der Waals surface area (Å²) in [6.45, 7) is 3.21. The van der Waals surface area contributed by atoms with Crippen molar-refractivity contribution in [3.8, 4) is 0 Å². The van der Waals surface area contributed by atoms with Crippen LogP contribution in [0.5, 0.6) is 0 Å². The molecule has 1 amide bonds. The van der Waals surface area contributed by atoms with Gasteiger partial charge in [0.15, 0.2) is 11.0 Å². The second-order valence-corrected chi connectivity index (χ2v) is 7.20. The Labute approximate surface area is 174 Å². The van der Waals surface area contributed by atoms with Crippen molar-refractivity contribution >= 4 is 29.2 Å². The summed E-state index contributed by atoms with van der Waals surface area (Å²) in [7, 11) is 2.98. The molecule has 1 aliphatic rings. The fraction of sp³-hybridized carbons (Fsp3) is 0.450. The highest BCUT2D eigenvalue weighted by Gasteiger charge is 2.31. The largest absolute Gasteiger partial charge is 0.465 e. The van der Waals surface area contributed by atoms with E-state index in [2.05, 4.69) is 20.2 Å². The number of nitrogens with one attached hydrogen (secondary N) is 2. The molecule has 1 aromatic carbocycles. The number of benzene rings is 1. The molecule has 2 N–H and O–H groups in total. The lowest BCUT2D eigenvalue weighted by atomic mass is 10.0.